The fourth-order valence-electron chi connectivity index (χ4n) is 3.11. The van der Waals surface area contributed by atoms with E-state index in [-0.39, 0.29) is 17.4 Å². The lowest BCUT2D eigenvalue weighted by Gasteiger charge is -2.20. The smallest absolute Gasteiger partial charge is 0.282 e. The molecule has 28 heavy (non-hydrogen) atoms. The summed E-state index contributed by atoms with van der Waals surface area (Å²) in [6, 6.07) is 26.9. The molecule has 0 unspecified atom stereocenters. The zero-order chi connectivity index (χ0) is 19.5. The molecule has 0 aliphatic carbocycles. The largest absolute Gasteiger partial charge is 0.289 e. The maximum atomic E-state index is 13.2. The predicted octanol–water partition coefficient (Wildman–Crippen LogP) is 4.24. The Balaban J connectivity index is 1.81. The first kappa shape index (κ1) is 17.4. The molecule has 1 aliphatic heterocycles. The summed E-state index contributed by atoms with van der Waals surface area (Å²) in [5.41, 5.74) is 1.86. The van der Waals surface area contributed by atoms with Gasteiger partial charge in [0, 0.05) is 17.3 Å². The molecule has 1 saturated heterocycles. The van der Waals surface area contributed by atoms with Gasteiger partial charge < -0.3 is 0 Å². The Morgan fingerprint density at radius 1 is 0.714 bits per heavy atom. The third-order valence-electron chi connectivity index (χ3n) is 4.44. The fourth-order valence-corrected chi connectivity index (χ4v) is 3.11. The fraction of sp³-hybridized carbons (Fsp3) is 0. The summed E-state index contributed by atoms with van der Waals surface area (Å²) in [5.74, 6) is -0.716. The Labute approximate surface area is 162 Å². The molecule has 5 nitrogen and oxygen atoms in total. The highest BCUT2D eigenvalue weighted by molar-refractivity contribution is 6.36. The van der Waals surface area contributed by atoms with Crippen LogP contribution in [0.5, 0.6) is 0 Å². The number of ketones is 1. The van der Waals surface area contributed by atoms with Crippen molar-refractivity contribution in [1.82, 2.24) is 0 Å². The molecule has 3 aromatic rings. The van der Waals surface area contributed by atoms with Gasteiger partial charge in [0.05, 0.1) is 5.69 Å². The standard InChI is InChI=1S/C23H17N3O2/c24-23-25(18-12-6-2-7-13-18)20(16-21(27)17-10-4-1-5-11-17)22(28)26(23)19-14-8-3-9-15-19/h1-16,24H. The van der Waals surface area contributed by atoms with Gasteiger partial charge in [-0.3, -0.25) is 19.9 Å². The van der Waals surface area contributed by atoms with Crippen LogP contribution in [0, 0.1) is 5.41 Å². The van der Waals surface area contributed by atoms with Gasteiger partial charge in [-0.05, 0) is 24.3 Å². The number of hydrogen-bond donors (Lipinski definition) is 1. The monoisotopic (exact) mass is 367 g/mol. The van der Waals surface area contributed by atoms with E-state index in [1.54, 1.807) is 60.7 Å². The van der Waals surface area contributed by atoms with Crippen LogP contribution in [0.4, 0.5) is 11.4 Å². The number of carbonyl (C=O) groups excluding carboxylic acids is 2. The normalized spacial score (nSPS) is 15.4. The number of para-hydroxylation sites is 2. The van der Waals surface area contributed by atoms with Crippen molar-refractivity contribution in [3.63, 3.8) is 0 Å². The quantitative estimate of drug-likeness (QED) is 0.554. The van der Waals surface area contributed by atoms with Gasteiger partial charge in [-0.2, -0.15) is 0 Å². The Bertz CT molecular complexity index is 1060. The number of benzene rings is 3. The second kappa shape index (κ2) is 7.32. The molecule has 0 atom stereocenters. The van der Waals surface area contributed by atoms with E-state index in [9.17, 15) is 9.59 Å². The molecule has 5 heteroatoms. The van der Waals surface area contributed by atoms with E-state index >= 15 is 0 Å². The molecule has 0 radical (unpaired) electrons. The molecular weight excluding hydrogens is 350 g/mol. The van der Waals surface area contributed by atoms with E-state index in [1.165, 1.54) is 15.9 Å². The first-order valence-corrected chi connectivity index (χ1v) is 8.81. The van der Waals surface area contributed by atoms with Crippen LogP contribution >= 0.6 is 0 Å². The van der Waals surface area contributed by atoms with E-state index in [2.05, 4.69) is 0 Å². The van der Waals surface area contributed by atoms with E-state index in [0.717, 1.165) is 0 Å². The minimum absolute atomic E-state index is 0.0190. The Morgan fingerprint density at radius 2 is 1.18 bits per heavy atom. The van der Waals surface area contributed by atoms with Crippen LogP contribution in [0.1, 0.15) is 10.4 Å². The van der Waals surface area contributed by atoms with E-state index in [0.29, 0.717) is 16.9 Å². The van der Waals surface area contributed by atoms with Crippen molar-refractivity contribution in [1.29, 1.82) is 5.41 Å². The van der Waals surface area contributed by atoms with Crippen LogP contribution in [0.25, 0.3) is 0 Å². The van der Waals surface area contributed by atoms with Gasteiger partial charge in [-0.1, -0.05) is 66.7 Å². The lowest BCUT2D eigenvalue weighted by molar-refractivity contribution is -0.113. The summed E-state index contributed by atoms with van der Waals surface area (Å²) in [5, 5.41) is 8.63. The molecule has 1 fully saturated rings. The van der Waals surface area contributed by atoms with Crippen molar-refractivity contribution in [3.05, 3.63) is 108 Å². The third kappa shape index (κ3) is 3.10. The number of guanidine groups is 1. The molecule has 1 amide bonds. The summed E-state index contributed by atoms with van der Waals surface area (Å²) in [7, 11) is 0. The van der Waals surface area contributed by atoms with Gasteiger partial charge in [0.1, 0.15) is 5.70 Å². The first-order chi connectivity index (χ1) is 13.7. The van der Waals surface area contributed by atoms with E-state index in [1.807, 2.05) is 30.3 Å². The van der Waals surface area contributed by atoms with Crippen molar-refractivity contribution in [2.75, 3.05) is 9.80 Å². The Hall–Kier alpha value is -3.99. The number of nitrogens with one attached hydrogen (secondary N) is 1. The number of amides is 1. The van der Waals surface area contributed by atoms with Gasteiger partial charge in [0.25, 0.3) is 5.91 Å². The number of carbonyl (C=O) groups is 2. The number of anilines is 2. The number of hydrogen-bond acceptors (Lipinski definition) is 3. The number of rotatable bonds is 4. The van der Waals surface area contributed by atoms with Crippen molar-refractivity contribution in [2.45, 2.75) is 0 Å². The van der Waals surface area contributed by atoms with Crippen molar-refractivity contribution < 1.29 is 9.59 Å². The Morgan fingerprint density at radius 3 is 1.71 bits per heavy atom. The first-order valence-electron chi connectivity index (χ1n) is 8.81. The highest BCUT2D eigenvalue weighted by atomic mass is 16.2. The van der Waals surface area contributed by atoms with E-state index in [4.69, 9.17) is 5.41 Å². The summed E-state index contributed by atoms with van der Waals surface area (Å²) in [6.07, 6.45) is 1.31. The van der Waals surface area contributed by atoms with E-state index < -0.39 is 5.91 Å². The summed E-state index contributed by atoms with van der Waals surface area (Å²) in [4.78, 5) is 28.7. The third-order valence-corrected chi connectivity index (χ3v) is 4.44. The average Bonchev–Trinajstić information content (AvgIpc) is 2.99. The maximum Gasteiger partial charge on any atom is 0.282 e. The summed E-state index contributed by atoms with van der Waals surface area (Å²) < 4.78 is 0. The van der Waals surface area contributed by atoms with Crippen LogP contribution < -0.4 is 9.80 Å². The predicted molar refractivity (Wildman–Crippen MR) is 109 cm³/mol. The minimum Gasteiger partial charge on any atom is -0.289 e. The molecule has 0 spiro atoms. The topological polar surface area (TPSA) is 64.5 Å². The average molecular weight is 367 g/mol. The van der Waals surface area contributed by atoms with Crippen molar-refractivity contribution in [2.24, 2.45) is 0 Å². The molecule has 4 rings (SSSR count). The molecule has 1 heterocycles. The second-order valence-corrected chi connectivity index (χ2v) is 6.23. The van der Waals surface area contributed by atoms with Gasteiger partial charge >= 0.3 is 0 Å². The number of allylic oxidation sites excluding steroid dienone is 1. The summed E-state index contributed by atoms with van der Waals surface area (Å²) in [6.45, 7) is 0. The SMILES string of the molecule is N=C1N(c2ccccc2)C(=O)C(=CC(=O)c2ccccc2)N1c1ccccc1. The zero-order valence-corrected chi connectivity index (χ0v) is 14.9. The highest BCUT2D eigenvalue weighted by Crippen LogP contribution is 2.31. The Kier molecular flexibility index (Phi) is 4.56. The molecule has 1 aliphatic rings. The van der Waals surface area contributed by atoms with Gasteiger partial charge in [-0.25, -0.2) is 4.90 Å². The summed E-state index contributed by atoms with van der Waals surface area (Å²) >= 11 is 0. The van der Waals surface area contributed by atoms with Crippen LogP contribution in [0.3, 0.4) is 0 Å². The van der Waals surface area contributed by atoms with Crippen LogP contribution in [-0.2, 0) is 4.79 Å². The number of nitrogens with zero attached hydrogens (tertiary/aromatic N) is 2. The lowest BCUT2D eigenvalue weighted by atomic mass is 10.1. The molecule has 1 N–H and O–H groups in total. The van der Waals surface area contributed by atoms with Gasteiger partial charge in [0.15, 0.2) is 5.78 Å². The molecule has 136 valence electrons. The molecular formula is C23H17N3O2. The van der Waals surface area contributed by atoms with Crippen molar-refractivity contribution in [3.8, 4) is 0 Å². The molecule has 0 saturated carbocycles. The minimum atomic E-state index is -0.413. The molecule has 0 aromatic heterocycles. The van der Waals surface area contributed by atoms with Gasteiger partial charge in [0.2, 0.25) is 5.96 Å². The maximum absolute atomic E-state index is 13.2. The van der Waals surface area contributed by atoms with Crippen LogP contribution in [0.2, 0.25) is 0 Å². The lowest BCUT2D eigenvalue weighted by Crippen LogP contribution is -2.33. The van der Waals surface area contributed by atoms with Crippen LogP contribution in [0.15, 0.2) is 103 Å². The van der Waals surface area contributed by atoms with Crippen molar-refractivity contribution >= 4 is 29.0 Å². The zero-order valence-electron chi connectivity index (χ0n) is 14.9. The van der Waals surface area contributed by atoms with Gasteiger partial charge in [-0.15, -0.1) is 0 Å². The molecule has 0 bridgehead atoms. The second-order valence-electron chi connectivity index (χ2n) is 6.23. The molecule has 3 aromatic carbocycles. The highest BCUT2D eigenvalue weighted by Gasteiger charge is 2.40. The van der Waals surface area contributed by atoms with Crippen LogP contribution in [-0.4, -0.2) is 17.6 Å².